The molecule has 2 aliphatic heterocycles. The van der Waals surface area contributed by atoms with E-state index in [1.807, 2.05) is 6.07 Å². The van der Waals surface area contributed by atoms with E-state index in [1.54, 1.807) is 30.3 Å². The summed E-state index contributed by atoms with van der Waals surface area (Å²) in [5.74, 6) is 0.453. The van der Waals surface area contributed by atoms with Crippen molar-refractivity contribution >= 4 is 17.2 Å². The quantitative estimate of drug-likeness (QED) is 0.898. The Hall–Kier alpha value is -2.36. The fourth-order valence-electron chi connectivity index (χ4n) is 3.48. The van der Waals surface area contributed by atoms with Crippen LogP contribution >= 0.6 is 11.3 Å². The van der Waals surface area contributed by atoms with Crippen LogP contribution in [0.5, 0.6) is 10.8 Å². The Morgan fingerprint density at radius 2 is 2.17 bits per heavy atom. The highest BCUT2D eigenvalue weighted by Gasteiger charge is 2.39. The summed E-state index contributed by atoms with van der Waals surface area (Å²) in [5.41, 5.74) is 0.477. The number of carbonyl (C=O) groups excluding carboxylic acids is 1. The highest BCUT2D eigenvalue weighted by atomic mass is 32.1. The second-order valence-electron chi connectivity index (χ2n) is 6.19. The third-order valence-electron chi connectivity index (χ3n) is 4.64. The van der Waals surface area contributed by atoms with Crippen molar-refractivity contribution in [2.24, 2.45) is 0 Å². The molecular weight excluding hydrogens is 322 g/mol. The van der Waals surface area contributed by atoms with Gasteiger partial charge in [0.25, 0.3) is 5.91 Å². The summed E-state index contributed by atoms with van der Waals surface area (Å²) in [6.45, 7) is 0. The van der Waals surface area contributed by atoms with Crippen molar-refractivity contribution in [2.75, 3.05) is 0 Å². The maximum atomic E-state index is 12.4. The normalized spacial score (nSPS) is 24.5. The third-order valence-corrected chi connectivity index (χ3v) is 5.60. The Bertz CT molecular complexity index is 811. The van der Waals surface area contributed by atoms with Gasteiger partial charge in [0.1, 0.15) is 11.8 Å². The van der Waals surface area contributed by atoms with Crippen LogP contribution in [0.2, 0.25) is 0 Å². The number of thiophene rings is 1. The van der Waals surface area contributed by atoms with Crippen molar-refractivity contribution in [1.82, 2.24) is 10.6 Å². The van der Waals surface area contributed by atoms with Gasteiger partial charge in [0.05, 0.1) is 10.4 Å². The Morgan fingerprint density at radius 3 is 2.92 bits per heavy atom. The fourth-order valence-corrected chi connectivity index (χ4v) is 4.25. The van der Waals surface area contributed by atoms with E-state index in [9.17, 15) is 4.79 Å². The van der Waals surface area contributed by atoms with Crippen LogP contribution in [-0.4, -0.2) is 24.0 Å². The molecule has 5 nitrogen and oxygen atoms in total. The summed E-state index contributed by atoms with van der Waals surface area (Å²) in [7, 11) is 0. The summed E-state index contributed by atoms with van der Waals surface area (Å²) in [5, 5.41) is 16.4. The zero-order chi connectivity index (χ0) is 16.5. The average molecular weight is 339 g/mol. The number of carbonyl (C=O) groups is 1. The molecule has 2 aromatic rings. The number of benzene rings is 1. The van der Waals surface area contributed by atoms with Crippen LogP contribution in [0.15, 0.2) is 36.4 Å². The van der Waals surface area contributed by atoms with Crippen molar-refractivity contribution in [3.8, 4) is 16.9 Å². The number of amides is 1. The summed E-state index contributed by atoms with van der Waals surface area (Å²) in [6.07, 6.45) is 3.37. The number of para-hydroxylation sites is 1. The molecule has 1 amide bonds. The molecular formula is C18H17N3O2S. The SMILES string of the molecule is N#Cc1ccccc1Oc1ccc(C(=O)N[C@@H]2C[C@H]3CC[C@@H]2N3)s1. The summed E-state index contributed by atoms with van der Waals surface area (Å²) < 4.78 is 5.75. The molecule has 3 heterocycles. The second kappa shape index (κ2) is 6.27. The molecule has 122 valence electrons. The van der Waals surface area contributed by atoms with Crippen molar-refractivity contribution in [3.05, 3.63) is 46.8 Å². The largest absolute Gasteiger partial charge is 0.445 e. The zero-order valence-electron chi connectivity index (χ0n) is 13.0. The van der Waals surface area contributed by atoms with E-state index >= 15 is 0 Å². The molecule has 0 saturated carbocycles. The minimum atomic E-state index is -0.0530. The van der Waals surface area contributed by atoms with Gasteiger partial charge in [-0.15, -0.1) is 0 Å². The lowest BCUT2D eigenvalue weighted by molar-refractivity contribution is 0.0935. The zero-order valence-corrected chi connectivity index (χ0v) is 13.8. The molecule has 2 N–H and O–H groups in total. The highest BCUT2D eigenvalue weighted by Crippen LogP contribution is 2.32. The molecule has 24 heavy (non-hydrogen) atoms. The first-order valence-corrected chi connectivity index (χ1v) is 8.88. The molecule has 2 saturated heterocycles. The first kappa shape index (κ1) is 15.2. The van der Waals surface area contributed by atoms with Crippen LogP contribution < -0.4 is 15.4 Å². The molecule has 3 atom stereocenters. The maximum Gasteiger partial charge on any atom is 0.261 e. The van der Waals surface area contributed by atoms with Gasteiger partial charge in [-0.3, -0.25) is 4.79 Å². The topological polar surface area (TPSA) is 74.1 Å². The Kier molecular flexibility index (Phi) is 3.97. The fraction of sp³-hybridized carbons (Fsp3) is 0.333. The standard InChI is InChI=1S/C18H17N3O2S/c19-10-11-3-1-2-4-15(11)23-17-8-7-16(24-17)18(22)21-14-9-12-5-6-13(14)20-12/h1-4,7-8,12-14,20H,5-6,9H2,(H,21,22)/t12-,13+,14-/m1/s1. The van der Waals surface area contributed by atoms with E-state index in [-0.39, 0.29) is 11.9 Å². The van der Waals surface area contributed by atoms with Crippen LogP contribution in [0.3, 0.4) is 0 Å². The number of nitriles is 1. The molecule has 4 rings (SSSR count). The Morgan fingerprint density at radius 1 is 1.29 bits per heavy atom. The van der Waals surface area contributed by atoms with Crippen molar-refractivity contribution in [2.45, 2.75) is 37.4 Å². The van der Waals surface area contributed by atoms with Gasteiger partial charge in [-0.2, -0.15) is 5.26 Å². The lowest BCUT2D eigenvalue weighted by Crippen LogP contribution is -2.42. The van der Waals surface area contributed by atoms with Crippen LogP contribution in [0.25, 0.3) is 0 Å². The first-order chi connectivity index (χ1) is 11.7. The van der Waals surface area contributed by atoms with E-state index in [1.165, 1.54) is 17.8 Å². The number of hydrogen-bond donors (Lipinski definition) is 2. The van der Waals surface area contributed by atoms with Crippen LogP contribution in [0, 0.1) is 11.3 Å². The van der Waals surface area contributed by atoms with Gasteiger partial charge in [0.2, 0.25) is 0 Å². The van der Waals surface area contributed by atoms with Gasteiger partial charge in [-0.1, -0.05) is 23.5 Å². The van der Waals surface area contributed by atoms with Gasteiger partial charge in [-0.05, 0) is 43.5 Å². The Labute approximate surface area is 144 Å². The summed E-state index contributed by atoms with van der Waals surface area (Å²) in [6, 6.07) is 13.9. The predicted octanol–water partition coefficient (Wildman–Crippen LogP) is 3.03. The number of nitrogens with zero attached hydrogens (tertiary/aromatic N) is 1. The lowest BCUT2D eigenvalue weighted by Gasteiger charge is -2.20. The van der Waals surface area contributed by atoms with E-state index < -0.39 is 0 Å². The van der Waals surface area contributed by atoms with E-state index in [4.69, 9.17) is 10.00 Å². The van der Waals surface area contributed by atoms with Gasteiger partial charge in [0, 0.05) is 18.1 Å². The van der Waals surface area contributed by atoms with Gasteiger partial charge in [-0.25, -0.2) is 0 Å². The average Bonchev–Trinajstić information content (AvgIpc) is 3.32. The Balaban J connectivity index is 1.43. The molecule has 1 aromatic heterocycles. The lowest BCUT2D eigenvalue weighted by atomic mass is 9.95. The summed E-state index contributed by atoms with van der Waals surface area (Å²) in [4.78, 5) is 13.1. The molecule has 0 unspecified atom stereocenters. The van der Waals surface area contributed by atoms with Crippen molar-refractivity contribution in [3.63, 3.8) is 0 Å². The minimum absolute atomic E-state index is 0.0530. The molecule has 0 aliphatic carbocycles. The van der Waals surface area contributed by atoms with E-state index in [0.717, 1.165) is 12.8 Å². The number of fused-ring (bicyclic) bond motifs is 2. The third kappa shape index (κ3) is 2.88. The number of ether oxygens (including phenoxy) is 1. The van der Waals surface area contributed by atoms with Gasteiger partial charge < -0.3 is 15.4 Å². The molecule has 0 spiro atoms. The number of rotatable bonds is 4. The van der Waals surface area contributed by atoms with E-state index in [0.29, 0.717) is 33.3 Å². The smallest absolute Gasteiger partial charge is 0.261 e. The molecule has 2 fully saturated rings. The minimum Gasteiger partial charge on any atom is -0.445 e. The van der Waals surface area contributed by atoms with Gasteiger partial charge >= 0.3 is 0 Å². The van der Waals surface area contributed by atoms with Crippen LogP contribution in [0.4, 0.5) is 0 Å². The molecule has 2 aliphatic rings. The van der Waals surface area contributed by atoms with E-state index in [2.05, 4.69) is 16.7 Å². The molecule has 2 bridgehead atoms. The maximum absolute atomic E-state index is 12.4. The number of nitrogens with one attached hydrogen (secondary N) is 2. The monoisotopic (exact) mass is 339 g/mol. The molecule has 6 heteroatoms. The summed E-state index contributed by atoms with van der Waals surface area (Å²) >= 11 is 1.29. The van der Waals surface area contributed by atoms with Crippen LogP contribution in [-0.2, 0) is 0 Å². The first-order valence-electron chi connectivity index (χ1n) is 8.06. The highest BCUT2D eigenvalue weighted by molar-refractivity contribution is 7.15. The molecule has 1 aromatic carbocycles. The predicted molar refractivity (Wildman–Crippen MR) is 91.4 cm³/mol. The van der Waals surface area contributed by atoms with Crippen LogP contribution in [0.1, 0.15) is 34.5 Å². The van der Waals surface area contributed by atoms with Crippen molar-refractivity contribution < 1.29 is 9.53 Å². The second-order valence-corrected chi connectivity index (χ2v) is 7.24. The molecule has 0 radical (unpaired) electrons. The van der Waals surface area contributed by atoms with Crippen molar-refractivity contribution in [1.29, 1.82) is 5.26 Å². The number of hydrogen-bond acceptors (Lipinski definition) is 5. The van der Waals surface area contributed by atoms with Gasteiger partial charge in [0.15, 0.2) is 5.06 Å².